The summed E-state index contributed by atoms with van der Waals surface area (Å²) in [5, 5.41) is 0. The zero-order valence-electron chi connectivity index (χ0n) is 25.7. The molecule has 3 rings (SSSR count). The molecule has 0 spiro atoms. The molecule has 40 heavy (non-hydrogen) atoms. The molecule has 0 aliphatic heterocycles. The standard InChI is InChI=1S/C36H48O4/c1-8-11-28(31(9-2)34(39)15-24(6)37)16-27-18-33-32(22(3)4)21-29(25(7)36(33)35(40)19-27)20-30(38)17-26-13-10-12-23(5)14-26/h10,12-14,21-22,27-28,31H,8-9,11,15-20H2,1-7H3. The number of ketones is 4. The monoisotopic (exact) mass is 544 g/mol. The van der Waals surface area contributed by atoms with Crippen LogP contribution in [0.3, 0.4) is 0 Å². The van der Waals surface area contributed by atoms with Gasteiger partial charge in [-0.25, -0.2) is 0 Å². The molecule has 2 aromatic rings. The second-order valence-corrected chi connectivity index (χ2v) is 12.5. The van der Waals surface area contributed by atoms with E-state index >= 15 is 0 Å². The molecule has 3 atom stereocenters. The summed E-state index contributed by atoms with van der Waals surface area (Å²) in [5.74, 6) is 0.766. The van der Waals surface area contributed by atoms with E-state index in [2.05, 4.69) is 32.9 Å². The minimum absolute atomic E-state index is 0.00716. The maximum absolute atomic E-state index is 13.7. The molecule has 0 saturated carbocycles. The van der Waals surface area contributed by atoms with E-state index < -0.39 is 0 Å². The highest BCUT2D eigenvalue weighted by atomic mass is 16.1. The quantitative estimate of drug-likeness (QED) is 0.227. The van der Waals surface area contributed by atoms with E-state index in [-0.39, 0.29) is 53.2 Å². The number of fused-ring (bicyclic) bond motifs is 1. The summed E-state index contributed by atoms with van der Waals surface area (Å²) in [7, 11) is 0. The van der Waals surface area contributed by atoms with Gasteiger partial charge >= 0.3 is 0 Å². The summed E-state index contributed by atoms with van der Waals surface area (Å²) in [4.78, 5) is 51.4. The third-order valence-electron chi connectivity index (χ3n) is 8.72. The van der Waals surface area contributed by atoms with Crippen molar-refractivity contribution in [1.29, 1.82) is 0 Å². The van der Waals surface area contributed by atoms with Crippen LogP contribution in [0.25, 0.3) is 0 Å². The van der Waals surface area contributed by atoms with Crippen molar-refractivity contribution >= 4 is 23.1 Å². The molecule has 0 fully saturated rings. The number of hydrogen-bond donors (Lipinski definition) is 0. The minimum Gasteiger partial charge on any atom is -0.300 e. The molecule has 0 saturated heterocycles. The van der Waals surface area contributed by atoms with E-state index in [1.807, 2.05) is 39.0 Å². The van der Waals surface area contributed by atoms with Gasteiger partial charge in [-0.05, 0) is 85.6 Å². The fourth-order valence-corrected chi connectivity index (χ4v) is 6.91. The maximum Gasteiger partial charge on any atom is 0.163 e. The van der Waals surface area contributed by atoms with E-state index in [0.29, 0.717) is 19.3 Å². The molecule has 0 heterocycles. The molecule has 1 aliphatic rings. The number of benzene rings is 2. The van der Waals surface area contributed by atoms with Gasteiger partial charge in [-0.2, -0.15) is 0 Å². The van der Waals surface area contributed by atoms with Crippen LogP contribution in [0.15, 0.2) is 30.3 Å². The molecule has 4 heteroatoms. The fraction of sp³-hybridized carbons (Fsp3) is 0.556. The predicted molar refractivity (Wildman–Crippen MR) is 162 cm³/mol. The lowest BCUT2D eigenvalue weighted by Gasteiger charge is -2.33. The molecule has 0 aromatic heterocycles. The molecule has 0 radical (unpaired) electrons. The third kappa shape index (κ3) is 7.86. The first-order valence-electron chi connectivity index (χ1n) is 15.2. The Balaban J connectivity index is 1.87. The highest BCUT2D eigenvalue weighted by molar-refractivity contribution is 6.01. The summed E-state index contributed by atoms with van der Waals surface area (Å²) >= 11 is 0. The molecule has 1 aliphatic carbocycles. The first-order valence-corrected chi connectivity index (χ1v) is 15.2. The first-order chi connectivity index (χ1) is 18.9. The zero-order chi connectivity index (χ0) is 29.6. The lowest BCUT2D eigenvalue weighted by atomic mass is 9.70. The van der Waals surface area contributed by atoms with Crippen LogP contribution in [0, 0.1) is 31.6 Å². The van der Waals surface area contributed by atoms with Gasteiger partial charge in [0.15, 0.2) is 5.78 Å². The Hall–Kier alpha value is -2.88. The van der Waals surface area contributed by atoms with E-state index in [1.54, 1.807) is 0 Å². The Bertz CT molecular complexity index is 1250. The first kappa shape index (κ1) is 31.6. The number of hydrogen-bond acceptors (Lipinski definition) is 4. The molecule has 0 bridgehead atoms. The van der Waals surface area contributed by atoms with Crippen LogP contribution >= 0.6 is 0 Å². The molecular weight excluding hydrogens is 496 g/mol. The van der Waals surface area contributed by atoms with E-state index in [4.69, 9.17) is 0 Å². The summed E-state index contributed by atoms with van der Waals surface area (Å²) in [6.45, 7) is 14.0. The number of Topliss-reactive ketones (excluding diaryl/α,β-unsaturated/α-hetero) is 4. The average Bonchev–Trinajstić information content (AvgIpc) is 2.85. The third-order valence-corrected chi connectivity index (χ3v) is 8.72. The van der Waals surface area contributed by atoms with Crippen molar-refractivity contribution in [3.05, 3.63) is 69.3 Å². The van der Waals surface area contributed by atoms with Crippen LogP contribution < -0.4 is 0 Å². The second-order valence-electron chi connectivity index (χ2n) is 12.5. The van der Waals surface area contributed by atoms with Crippen molar-refractivity contribution in [3.8, 4) is 0 Å². The van der Waals surface area contributed by atoms with Crippen LogP contribution in [0.2, 0.25) is 0 Å². The van der Waals surface area contributed by atoms with Crippen LogP contribution in [-0.2, 0) is 33.6 Å². The van der Waals surface area contributed by atoms with Gasteiger partial charge in [0.1, 0.15) is 17.3 Å². The number of carbonyl (C=O) groups excluding carboxylic acids is 4. The molecule has 3 unspecified atom stereocenters. The zero-order valence-corrected chi connectivity index (χ0v) is 25.7. The highest BCUT2D eigenvalue weighted by Gasteiger charge is 2.34. The second kappa shape index (κ2) is 14.1. The Labute approximate surface area is 241 Å². The van der Waals surface area contributed by atoms with Crippen LogP contribution in [0.1, 0.15) is 123 Å². The molecular formula is C36H48O4. The van der Waals surface area contributed by atoms with Crippen molar-refractivity contribution in [2.24, 2.45) is 17.8 Å². The van der Waals surface area contributed by atoms with Gasteiger partial charge in [0, 0.05) is 30.7 Å². The van der Waals surface area contributed by atoms with Gasteiger partial charge in [0.05, 0.1) is 6.42 Å². The molecule has 4 nitrogen and oxygen atoms in total. The summed E-state index contributed by atoms with van der Waals surface area (Å²) in [6, 6.07) is 10.3. The normalized spacial score (nSPS) is 16.5. The Morgan fingerprint density at radius 1 is 1.00 bits per heavy atom. The summed E-state index contributed by atoms with van der Waals surface area (Å²) in [6.07, 6.45) is 5.49. The Morgan fingerprint density at radius 2 is 1.73 bits per heavy atom. The van der Waals surface area contributed by atoms with Crippen molar-refractivity contribution in [2.45, 2.75) is 112 Å². The summed E-state index contributed by atoms with van der Waals surface area (Å²) < 4.78 is 0. The van der Waals surface area contributed by atoms with Gasteiger partial charge in [-0.1, -0.05) is 76.4 Å². The predicted octanol–water partition coefficient (Wildman–Crippen LogP) is 7.91. The van der Waals surface area contributed by atoms with Gasteiger partial charge < -0.3 is 0 Å². The topological polar surface area (TPSA) is 68.3 Å². The average molecular weight is 545 g/mol. The lowest BCUT2D eigenvalue weighted by molar-refractivity contribution is -0.130. The number of aryl methyl sites for hydroxylation is 1. The number of carbonyl (C=O) groups is 4. The van der Waals surface area contributed by atoms with Crippen molar-refractivity contribution in [3.63, 3.8) is 0 Å². The van der Waals surface area contributed by atoms with Gasteiger partial charge in [0.2, 0.25) is 0 Å². The van der Waals surface area contributed by atoms with Gasteiger partial charge in [-0.15, -0.1) is 0 Å². The largest absolute Gasteiger partial charge is 0.300 e. The molecule has 2 aromatic carbocycles. The minimum atomic E-state index is -0.131. The summed E-state index contributed by atoms with van der Waals surface area (Å²) in [5.41, 5.74) is 7.23. The maximum atomic E-state index is 13.7. The van der Waals surface area contributed by atoms with E-state index in [0.717, 1.165) is 65.5 Å². The Morgan fingerprint density at radius 3 is 2.33 bits per heavy atom. The van der Waals surface area contributed by atoms with Crippen molar-refractivity contribution in [1.82, 2.24) is 0 Å². The van der Waals surface area contributed by atoms with E-state index in [9.17, 15) is 19.2 Å². The van der Waals surface area contributed by atoms with E-state index in [1.165, 1.54) is 12.5 Å². The smallest absolute Gasteiger partial charge is 0.163 e. The fourth-order valence-electron chi connectivity index (χ4n) is 6.91. The molecule has 0 amide bonds. The highest BCUT2D eigenvalue weighted by Crippen LogP contribution is 2.40. The lowest BCUT2D eigenvalue weighted by Crippen LogP contribution is -2.30. The molecule has 216 valence electrons. The van der Waals surface area contributed by atoms with Gasteiger partial charge in [0.25, 0.3) is 0 Å². The van der Waals surface area contributed by atoms with Crippen molar-refractivity contribution in [2.75, 3.05) is 0 Å². The van der Waals surface area contributed by atoms with Crippen LogP contribution in [0.4, 0.5) is 0 Å². The van der Waals surface area contributed by atoms with Crippen LogP contribution in [0.5, 0.6) is 0 Å². The Kier molecular flexibility index (Phi) is 11.2. The van der Waals surface area contributed by atoms with Crippen LogP contribution in [-0.4, -0.2) is 23.1 Å². The molecule has 0 N–H and O–H groups in total. The van der Waals surface area contributed by atoms with Crippen molar-refractivity contribution < 1.29 is 19.2 Å². The number of rotatable bonds is 14. The van der Waals surface area contributed by atoms with Gasteiger partial charge in [-0.3, -0.25) is 19.2 Å². The SMILES string of the molecule is CCCC(CC1CC(=O)c2c(C)c(CC(=O)Cc3cccc(C)c3)cc(C(C)C)c2C1)C(CC)C(=O)CC(C)=O.